The molecule has 0 saturated heterocycles. The third-order valence-electron chi connectivity index (χ3n) is 6.79. The van der Waals surface area contributed by atoms with E-state index in [9.17, 15) is 23.7 Å². The summed E-state index contributed by atoms with van der Waals surface area (Å²) in [5, 5.41) is 40.9. The van der Waals surface area contributed by atoms with Crippen LogP contribution in [0.2, 0.25) is 0 Å². The molecule has 0 aromatic heterocycles. The molecule has 0 radical (unpaired) electrons. The smallest absolute Gasteiger partial charge is 0.238 e. The number of sulfonamides is 1. The highest BCUT2D eigenvalue weighted by Gasteiger charge is 2.10. The number of primary sulfonamides is 1. The van der Waals surface area contributed by atoms with Crippen LogP contribution in [0.25, 0.3) is 0 Å². The molecular formula is C31H43N3O6S. The van der Waals surface area contributed by atoms with Crippen LogP contribution >= 0.6 is 0 Å². The van der Waals surface area contributed by atoms with Gasteiger partial charge in [0.25, 0.3) is 0 Å². The molecule has 9 nitrogen and oxygen atoms in total. The van der Waals surface area contributed by atoms with E-state index in [2.05, 4.69) is 22.8 Å². The highest BCUT2D eigenvalue weighted by Crippen LogP contribution is 2.23. The maximum atomic E-state index is 11.4. The predicted molar refractivity (Wildman–Crippen MR) is 162 cm³/mol. The average molecular weight is 586 g/mol. The zero-order valence-electron chi connectivity index (χ0n) is 23.5. The molecule has 0 aliphatic carbocycles. The molecule has 7 N–H and O–H groups in total. The Morgan fingerprint density at radius 1 is 0.854 bits per heavy atom. The second kappa shape index (κ2) is 17.1. The van der Waals surface area contributed by atoms with Crippen LogP contribution in [0.5, 0.6) is 5.75 Å². The quantitative estimate of drug-likeness (QED) is 0.112. The maximum absolute atomic E-state index is 11.4. The lowest BCUT2D eigenvalue weighted by molar-refractivity contribution is 0.126. The summed E-state index contributed by atoms with van der Waals surface area (Å²) >= 11 is 0. The molecule has 3 aromatic rings. The number of benzene rings is 3. The number of unbranched alkanes of at least 4 members (excludes halogenated alkanes) is 4. The first-order chi connectivity index (χ1) is 19.8. The van der Waals surface area contributed by atoms with E-state index >= 15 is 0 Å². The zero-order chi connectivity index (χ0) is 29.5. The molecule has 0 heterocycles. The van der Waals surface area contributed by atoms with Gasteiger partial charge in [-0.2, -0.15) is 0 Å². The monoisotopic (exact) mass is 585 g/mol. The molecule has 41 heavy (non-hydrogen) atoms. The van der Waals surface area contributed by atoms with Crippen LogP contribution in [0.3, 0.4) is 0 Å². The minimum atomic E-state index is -3.70. The van der Waals surface area contributed by atoms with E-state index in [0.717, 1.165) is 76.1 Å². The molecule has 0 spiro atoms. The number of rotatable bonds is 19. The van der Waals surface area contributed by atoms with Crippen molar-refractivity contribution >= 4 is 21.4 Å². The summed E-state index contributed by atoms with van der Waals surface area (Å²) in [5.41, 5.74) is 4.06. The number of hydrogen-bond acceptors (Lipinski definition) is 8. The highest BCUT2D eigenvalue weighted by molar-refractivity contribution is 7.89. The van der Waals surface area contributed by atoms with Crippen molar-refractivity contribution in [1.82, 2.24) is 5.32 Å². The normalized spacial score (nSPS) is 12.4. The Morgan fingerprint density at radius 3 is 2.32 bits per heavy atom. The van der Waals surface area contributed by atoms with Gasteiger partial charge in [0, 0.05) is 36.7 Å². The summed E-state index contributed by atoms with van der Waals surface area (Å²) in [6.07, 6.45) is 6.58. The van der Waals surface area contributed by atoms with Crippen molar-refractivity contribution in [3.8, 4) is 5.75 Å². The summed E-state index contributed by atoms with van der Waals surface area (Å²) in [5.74, 6) is 0.0346. The Balaban J connectivity index is 1.18. The van der Waals surface area contributed by atoms with Crippen LogP contribution in [0.1, 0.15) is 61.3 Å². The second-order valence-electron chi connectivity index (χ2n) is 10.1. The molecule has 0 bridgehead atoms. The lowest BCUT2D eigenvalue weighted by Crippen LogP contribution is -2.22. The third kappa shape index (κ3) is 11.8. The first-order valence-corrected chi connectivity index (χ1v) is 15.7. The largest absolute Gasteiger partial charge is 0.508 e. The zero-order valence-corrected chi connectivity index (χ0v) is 24.3. The lowest BCUT2D eigenvalue weighted by Gasteiger charge is -2.14. The lowest BCUT2D eigenvalue weighted by atomic mass is 10.1. The van der Waals surface area contributed by atoms with Crippen molar-refractivity contribution in [1.29, 1.82) is 0 Å². The van der Waals surface area contributed by atoms with Crippen LogP contribution in [0.15, 0.2) is 71.6 Å². The molecule has 0 aliphatic heterocycles. The van der Waals surface area contributed by atoms with E-state index in [1.807, 2.05) is 12.1 Å². The Bertz CT molecular complexity index is 1300. The minimum Gasteiger partial charge on any atom is -0.508 e. The summed E-state index contributed by atoms with van der Waals surface area (Å²) in [6.45, 7) is 2.51. The molecule has 0 aliphatic rings. The maximum Gasteiger partial charge on any atom is 0.238 e. The van der Waals surface area contributed by atoms with E-state index in [0.29, 0.717) is 17.7 Å². The van der Waals surface area contributed by atoms with Gasteiger partial charge in [0.2, 0.25) is 10.0 Å². The molecule has 0 fully saturated rings. The van der Waals surface area contributed by atoms with E-state index < -0.39 is 16.1 Å². The summed E-state index contributed by atoms with van der Waals surface area (Å²) < 4.78 is 28.6. The van der Waals surface area contributed by atoms with Gasteiger partial charge in [-0.15, -0.1) is 0 Å². The van der Waals surface area contributed by atoms with Crippen LogP contribution < -0.4 is 15.8 Å². The molecule has 3 rings (SSSR count). The van der Waals surface area contributed by atoms with Crippen molar-refractivity contribution in [2.75, 3.05) is 31.6 Å². The predicted octanol–water partition coefficient (Wildman–Crippen LogP) is 4.50. The summed E-state index contributed by atoms with van der Waals surface area (Å²) in [6, 6.07) is 19.4. The van der Waals surface area contributed by atoms with Gasteiger partial charge in [-0.25, -0.2) is 13.6 Å². The number of phenols is 1. The van der Waals surface area contributed by atoms with E-state index in [4.69, 9.17) is 9.88 Å². The molecule has 3 aromatic carbocycles. The topological polar surface area (TPSA) is 154 Å². The minimum absolute atomic E-state index is 0.0346. The number of nitrogens with one attached hydrogen (secondary N) is 2. The van der Waals surface area contributed by atoms with Gasteiger partial charge < -0.3 is 30.7 Å². The molecule has 0 saturated carbocycles. The Kier molecular flexibility index (Phi) is 13.5. The van der Waals surface area contributed by atoms with Gasteiger partial charge in [0.15, 0.2) is 0 Å². The SMILES string of the molecule is NS(=O)(=O)c1ccc(Nc2cccc(CCCCOCCCCCCNCC(O)c3ccc(O)c(CO)c3)c2)cc1. The Hall–Kier alpha value is -2.99. The number of nitrogens with two attached hydrogens (primary N) is 1. The fraction of sp³-hybridized carbons (Fsp3) is 0.419. The molecule has 10 heteroatoms. The number of ether oxygens (including phenoxy) is 1. The van der Waals surface area contributed by atoms with Gasteiger partial charge in [0.05, 0.1) is 17.6 Å². The number of hydrogen-bond donors (Lipinski definition) is 6. The molecule has 0 amide bonds. The number of aliphatic hydroxyl groups excluding tert-OH is 2. The van der Waals surface area contributed by atoms with Crippen LogP contribution in [-0.2, 0) is 27.8 Å². The average Bonchev–Trinajstić information content (AvgIpc) is 2.95. The summed E-state index contributed by atoms with van der Waals surface area (Å²) in [7, 11) is -3.70. The highest BCUT2D eigenvalue weighted by atomic mass is 32.2. The van der Waals surface area contributed by atoms with E-state index in [1.54, 1.807) is 24.3 Å². The number of aliphatic hydroxyl groups is 2. The molecule has 224 valence electrons. The Morgan fingerprint density at radius 2 is 1.59 bits per heavy atom. The van der Waals surface area contributed by atoms with Gasteiger partial charge in [-0.1, -0.05) is 31.0 Å². The van der Waals surface area contributed by atoms with Crippen molar-refractivity contribution < 1.29 is 28.5 Å². The van der Waals surface area contributed by atoms with Crippen molar-refractivity contribution in [2.45, 2.75) is 62.6 Å². The Labute approximate surface area is 243 Å². The fourth-order valence-electron chi connectivity index (χ4n) is 4.44. The van der Waals surface area contributed by atoms with E-state index in [-0.39, 0.29) is 17.3 Å². The van der Waals surface area contributed by atoms with E-state index in [1.165, 1.54) is 23.8 Å². The first kappa shape index (κ1) is 32.5. The third-order valence-corrected chi connectivity index (χ3v) is 7.72. The number of aromatic hydroxyl groups is 1. The second-order valence-corrected chi connectivity index (χ2v) is 11.7. The van der Waals surface area contributed by atoms with Gasteiger partial charge in [0.1, 0.15) is 5.75 Å². The van der Waals surface area contributed by atoms with Crippen molar-refractivity contribution in [3.05, 3.63) is 83.4 Å². The fourth-order valence-corrected chi connectivity index (χ4v) is 4.95. The van der Waals surface area contributed by atoms with Crippen molar-refractivity contribution in [2.24, 2.45) is 5.14 Å². The molecule has 1 atom stereocenters. The number of anilines is 2. The summed E-state index contributed by atoms with van der Waals surface area (Å²) in [4.78, 5) is 0.0894. The van der Waals surface area contributed by atoms with Crippen LogP contribution in [0, 0.1) is 0 Å². The molecular weight excluding hydrogens is 542 g/mol. The van der Waals surface area contributed by atoms with Gasteiger partial charge >= 0.3 is 0 Å². The standard InChI is InChI=1S/C31H43N3O6S/c32-41(38,39)29-14-12-27(13-15-29)34-28-10-7-9-24(20-28)8-3-6-19-40-18-5-2-1-4-17-33-22-31(37)25-11-16-30(36)26(21-25)23-35/h7,9-16,20-21,31,33-37H,1-6,8,17-19,22-23H2,(H2,32,38,39). The van der Waals surface area contributed by atoms with Crippen LogP contribution in [-0.4, -0.2) is 50.0 Å². The van der Waals surface area contributed by atoms with Gasteiger partial charge in [-0.3, -0.25) is 0 Å². The van der Waals surface area contributed by atoms with Crippen molar-refractivity contribution in [3.63, 3.8) is 0 Å². The number of aryl methyl sites for hydroxylation is 1. The van der Waals surface area contributed by atoms with Crippen LogP contribution in [0.4, 0.5) is 11.4 Å². The van der Waals surface area contributed by atoms with Gasteiger partial charge in [-0.05, 0) is 98.3 Å². The molecule has 1 unspecified atom stereocenters. The first-order valence-electron chi connectivity index (χ1n) is 14.1.